The summed E-state index contributed by atoms with van der Waals surface area (Å²) in [6.45, 7) is 0. The van der Waals surface area contributed by atoms with E-state index in [0.717, 1.165) is 18.3 Å². The summed E-state index contributed by atoms with van der Waals surface area (Å²) in [6, 6.07) is 5.10. The SMILES string of the molecule is O=Cc1cccc(O)c1CC1CC1. The van der Waals surface area contributed by atoms with Crippen molar-refractivity contribution in [2.24, 2.45) is 5.92 Å². The number of hydrogen-bond donors (Lipinski definition) is 1. The number of carbonyl (C=O) groups excluding carboxylic acids is 1. The molecule has 68 valence electrons. The van der Waals surface area contributed by atoms with Crippen molar-refractivity contribution in [1.82, 2.24) is 0 Å². The molecule has 0 aromatic heterocycles. The Bertz CT molecular complexity index is 327. The van der Waals surface area contributed by atoms with E-state index in [2.05, 4.69) is 0 Å². The van der Waals surface area contributed by atoms with E-state index in [1.807, 2.05) is 0 Å². The number of phenols is 1. The predicted molar refractivity (Wildman–Crippen MR) is 49.9 cm³/mol. The maximum Gasteiger partial charge on any atom is 0.150 e. The average molecular weight is 176 g/mol. The number of aromatic hydroxyl groups is 1. The lowest BCUT2D eigenvalue weighted by Crippen LogP contribution is -1.94. The first-order valence-electron chi connectivity index (χ1n) is 4.57. The van der Waals surface area contributed by atoms with Crippen LogP contribution in [0.2, 0.25) is 0 Å². The molecule has 2 heteroatoms. The van der Waals surface area contributed by atoms with Crippen LogP contribution >= 0.6 is 0 Å². The van der Waals surface area contributed by atoms with Crippen molar-refractivity contribution in [1.29, 1.82) is 0 Å². The van der Waals surface area contributed by atoms with Gasteiger partial charge in [0.25, 0.3) is 0 Å². The van der Waals surface area contributed by atoms with Gasteiger partial charge in [-0.3, -0.25) is 4.79 Å². The fraction of sp³-hybridized carbons (Fsp3) is 0.364. The first-order chi connectivity index (χ1) is 6.31. The van der Waals surface area contributed by atoms with Crippen molar-refractivity contribution < 1.29 is 9.90 Å². The molecule has 1 saturated carbocycles. The average Bonchev–Trinajstić information content (AvgIpc) is 2.92. The third-order valence-corrected chi connectivity index (χ3v) is 2.50. The van der Waals surface area contributed by atoms with Gasteiger partial charge in [0.15, 0.2) is 0 Å². The van der Waals surface area contributed by atoms with E-state index >= 15 is 0 Å². The van der Waals surface area contributed by atoms with Crippen LogP contribution in [-0.4, -0.2) is 11.4 Å². The largest absolute Gasteiger partial charge is 0.508 e. The number of rotatable bonds is 3. The fourth-order valence-corrected chi connectivity index (χ4v) is 1.54. The topological polar surface area (TPSA) is 37.3 Å². The molecule has 0 radical (unpaired) electrons. The first kappa shape index (κ1) is 8.30. The molecule has 1 aromatic rings. The molecule has 0 bridgehead atoms. The minimum atomic E-state index is 0.261. The van der Waals surface area contributed by atoms with Gasteiger partial charge < -0.3 is 5.11 Å². The Hall–Kier alpha value is -1.31. The van der Waals surface area contributed by atoms with Gasteiger partial charge in [0.05, 0.1) is 0 Å². The van der Waals surface area contributed by atoms with Crippen LogP contribution in [0.5, 0.6) is 5.75 Å². The predicted octanol–water partition coefficient (Wildman–Crippen LogP) is 2.16. The monoisotopic (exact) mass is 176 g/mol. The maximum atomic E-state index is 10.7. The van der Waals surface area contributed by atoms with Gasteiger partial charge >= 0.3 is 0 Å². The molecule has 2 rings (SSSR count). The maximum absolute atomic E-state index is 10.7. The van der Waals surface area contributed by atoms with Crippen molar-refractivity contribution >= 4 is 6.29 Å². The second kappa shape index (κ2) is 3.21. The van der Waals surface area contributed by atoms with Crippen LogP contribution in [0.4, 0.5) is 0 Å². The summed E-state index contributed by atoms with van der Waals surface area (Å²) >= 11 is 0. The zero-order valence-electron chi connectivity index (χ0n) is 7.36. The lowest BCUT2D eigenvalue weighted by Gasteiger charge is -2.05. The summed E-state index contributed by atoms with van der Waals surface area (Å²) in [5.74, 6) is 0.948. The highest BCUT2D eigenvalue weighted by atomic mass is 16.3. The molecule has 13 heavy (non-hydrogen) atoms. The summed E-state index contributed by atoms with van der Waals surface area (Å²) in [4.78, 5) is 10.7. The van der Waals surface area contributed by atoms with Gasteiger partial charge in [-0.15, -0.1) is 0 Å². The molecule has 1 fully saturated rings. The number of phenolic OH excluding ortho intramolecular Hbond substituents is 1. The molecule has 1 N–H and O–H groups in total. The molecule has 0 atom stereocenters. The normalized spacial score (nSPS) is 15.7. The Kier molecular flexibility index (Phi) is 2.05. The molecular weight excluding hydrogens is 164 g/mol. The smallest absolute Gasteiger partial charge is 0.150 e. The summed E-state index contributed by atoms with van der Waals surface area (Å²) in [5, 5.41) is 9.54. The van der Waals surface area contributed by atoms with E-state index < -0.39 is 0 Å². The minimum absolute atomic E-state index is 0.261. The van der Waals surface area contributed by atoms with Crippen LogP contribution in [-0.2, 0) is 6.42 Å². The van der Waals surface area contributed by atoms with Crippen molar-refractivity contribution in [2.75, 3.05) is 0 Å². The van der Waals surface area contributed by atoms with E-state index in [0.29, 0.717) is 11.5 Å². The van der Waals surface area contributed by atoms with Gasteiger partial charge in [-0.2, -0.15) is 0 Å². The zero-order chi connectivity index (χ0) is 9.26. The van der Waals surface area contributed by atoms with E-state index in [1.165, 1.54) is 12.8 Å². The molecular formula is C11H12O2. The van der Waals surface area contributed by atoms with Crippen LogP contribution < -0.4 is 0 Å². The van der Waals surface area contributed by atoms with E-state index in [4.69, 9.17) is 0 Å². The third kappa shape index (κ3) is 1.72. The Balaban J connectivity index is 2.32. The van der Waals surface area contributed by atoms with E-state index in [-0.39, 0.29) is 5.75 Å². The molecule has 0 unspecified atom stereocenters. The number of aldehydes is 1. The Morgan fingerprint density at radius 2 is 2.23 bits per heavy atom. The number of hydrogen-bond acceptors (Lipinski definition) is 2. The highest BCUT2D eigenvalue weighted by Crippen LogP contribution is 2.35. The standard InChI is InChI=1S/C11H12O2/c12-7-9-2-1-3-11(13)10(9)6-8-4-5-8/h1-3,7-8,13H,4-6H2. The Morgan fingerprint density at radius 1 is 1.46 bits per heavy atom. The first-order valence-corrected chi connectivity index (χ1v) is 4.57. The summed E-state index contributed by atoms with van der Waals surface area (Å²) in [5.41, 5.74) is 1.45. The highest BCUT2D eigenvalue weighted by Gasteiger charge is 2.23. The number of carbonyl (C=O) groups is 1. The highest BCUT2D eigenvalue weighted by molar-refractivity contribution is 5.78. The van der Waals surface area contributed by atoms with Crippen molar-refractivity contribution in [3.05, 3.63) is 29.3 Å². The molecule has 0 spiro atoms. The Labute approximate surface area is 77.2 Å². The van der Waals surface area contributed by atoms with Crippen molar-refractivity contribution in [3.63, 3.8) is 0 Å². The minimum Gasteiger partial charge on any atom is -0.508 e. The Morgan fingerprint density at radius 3 is 2.85 bits per heavy atom. The molecule has 1 aromatic carbocycles. The van der Waals surface area contributed by atoms with Crippen LogP contribution in [0, 0.1) is 5.92 Å². The fourth-order valence-electron chi connectivity index (χ4n) is 1.54. The lowest BCUT2D eigenvalue weighted by atomic mass is 10.0. The molecule has 2 nitrogen and oxygen atoms in total. The van der Waals surface area contributed by atoms with Gasteiger partial charge in [-0.05, 0) is 31.2 Å². The molecule has 1 aliphatic rings. The van der Waals surface area contributed by atoms with Crippen LogP contribution in [0.1, 0.15) is 28.8 Å². The summed E-state index contributed by atoms with van der Waals surface area (Å²) in [6.07, 6.45) is 4.12. The van der Waals surface area contributed by atoms with Gasteiger partial charge in [-0.25, -0.2) is 0 Å². The molecule has 0 heterocycles. The van der Waals surface area contributed by atoms with Gasteiger partial charge in [-0.1, -0.05) is 12.1 Å². The van der Waals surface area contributed by atoms with E-state index in [1.54, 1.807) is 18.2 Å². The second-order valence-electron chi connectivity index (χ2n) is 3.61. The van der Waals surface area contributed by atoms with Gasteiger partial charge in [0.2, 0.25) is 0 Å². The summed E-state index contributed by atoms with van der Waals surface area (Å²) in [7, 11) is 0. The van der Waals surface area contributed by atoms with Gasteiger partial charge in [0.1, 0.15) is 12.0 Å². The van der Waals surface area contributed by atoms with Crippen molar-refractivity contribution in [3.8, 4) is 5.75 Å². The zero-order valence-corrected chi connectivity index (χ0v) is 7.36. The number of benzene rings is 1. The molecule has 0 aliphatic heterocycles. The molecule has 0 saturated heterocycles. The van der Waals surface area contributed by atoms with Crippen LogP contribution in [0.3, 0.4) is 0 Å². The lowest BCUT2D eigenvalue weighted by molar-refractivity contribution is 0.112. The third-order valence-electron chi connectivity index (χ3n) is 2.50. The molecule has 0 amide bonds. The van der Waals surface area contributed by atoms with Crippen molar-refractivity contribution in [2.45, 2.75) is 19.3 Å². The summed E-state index contributed by atoms with van der Waals surface area (Å²) < 4.78 is 0. The van der Waals surface area contributed by atoms with Gasteiger partial charge in [0, 0.05) is 11.1 Å². The second-order valence-corrected chi connectivity index (χ2v) is 3.61. The van der Waals surface area contributed by atoms with Crippen LogP contribution in [0.15, 0.2) is 18.2 Å². The van der Waals surface area contributed by atoms with Crippen LogP contribution in [0.25, 0.3) is 0 Å². The quantitative estimate of drug-likeness (QED) is 0.716. The van der Waals surface area contributed by atoms with E-state index in [9.17, 15) is 9.90 Å². The molecule has 1 aliphatic carbocycles.